The third kappa shape index (κ3) is 3.47. The predicted molar refractivity (Wildman–Crippen MR) is 128 cm³/mol. The molecule has 4 rings (SSSR count). The molecule has 1 fully saturated rings. The summed E-state index contributed by atoms with van der Waals surface area (Å²) in [7, 11) is 0. The van der Waals surface area contributed by atoms with Crippen LogP contribution in [0.5, 0.6) is 0 Å². The minimum Gasteiger partial charge on any atom is -0.365 e. The summed E-state index contributed by atoms with van der Waals surface area (Å²) in [5.41, 5.74) is 1.61. The fourth-order valence-electron chi connectivity index (χ4n) is 4.17. The van der Waals surface area contributed by atoms with Gasteiger partial charge >= 0.3 is 6.03 Å². The maximum absolute atomic E-state index is 13.8. The van der Waals surface area contributed by atoms with E-state index in [4.69, 9.17) is 0 Å². The Bertz CT molecular complexity index is 1070. The highest BCUT2D eigenvalue weighted by molar-refractivity contribution is 9.10. The van der Waals surface area contributed by atoms with Crippen LogP contribution < -0.4 is 9.80 Å². The van der Waals surface area contributed by atoms with E-state index in [1.807, 2.05) is 86.6 Å². The number of halogens is 2. The topological polar surface area (TPSA) is 43.8 Å². The Morgan fingerprint density at radius 3 is 2.03 bits per heavy atom. The van der Waals surface area contributed by atoms with Gasteiger partial charge in [0.15, 0.2) is 5.72 Å². The van der Waals surface area contributed by atoms with Crippen LogP contribution in [-0.2, 0) is 5.72 Å². The molecule has 3 aromatic rings. The number of carbonyl (C=O) groups is 1. The molecule has 1 heterocycles. The molecule has 0 radical (unpaired) electrons. The van der Waals surface area contributed by atoms with E-state index in [-0.39, 0.29) is 6.03 Å². The summed E-state index contributed by atoms with van der Waals surface area (Å²) in [5.74, 6) is 0. The lowest BCUT2D eigenvalue weighted by Crippen LogP contribution is -2.49. The van der Waals surface area contributed by atoms with Gasteiger partial charge in [0.05, 0.1) is 6.04 Å². The van der Waals surface area contributed by atoms with Gasteiger partial charge in [0.25, 0.3) is 0 Å². The lowest BCUT2D eigenvalue weighted by atomic mass is 9.91. The second kappa shape index (κ2) is 8.17. The zero-order chi connectivity index (χ0) is 21.5. The Kier molecular flexibility index (Phi) is 5.75. The molecule has 0 aliphatic carbocycles. The van der Waals surface area contributed by atoms with Gasteiger partial charge in [-0.3, -0.25) is 9.80 Å². The van der Waals surface area contributed by atoms with Crippen LogP contribution in [0.3, 0.4) is 0 Å². The molecule has 2 atom stereocenters. The summed E-state index contributed by atoms with van der Waals surface area (Å²) in [5, 5.41) is 12.2. The largest absolute Gasteiger partial charge is 0.365 e. The molecule has 0 saturated carbocycles. The van der Waals surface area contributed by atoms with Gasteiger partial charge in [0, 0.05) is 25.9 Å². The number of aryl methyl sites for hydroxylation is 1. The van der Waals surface area contributed by atoms with Crippen molar-refractivity contribution in [3.8, 4) is 0 Å². The van der Waals surface area contributed by atoms with E-state index in [0.717, 1.165) is 20.2 Å². The fourth-order valence-corrected chi connectivity index (χ4v) is 4.70. The first-order chi connectivity index (χ1) is 14.4. The summed E-state index contributed by atoms with van der Waals surface area (Å²) in [4.78, 5) is 17.0. The third-order valence-electron chi connectivity index (χ3n) is 5.53. The smallest absolute Gasteiger partial charge is 0.332 e. The number of rotatable bonds is 4. The van der Waals surface area contributed by atoms with Crippen LogP contribution in [0.15, 0.2) is 81.7 Å². The molecule has 0 spiro atoms. The minimum atomic E-state index is -1.52. The van der Waals surface area contributed by atoms with Crippen molar-refractivity contribution in [1.82, 2.24) is 0 Å². The van der Waals surface area contributed by atoms with Gasteiger partial charge in [-0.25, -0.2) is 4.79 Å². The van der Waals surface area contributed by atoms with Crippen molar-refractivity contribution in [3.05, 3.63) is 92.9 Å². The fraction of sp³-hybridized carbons (Fsp3) is 0.208. The number of hydrogen-bond acceptors (Lipinski definition) is 2. The molecular weight excluding hydrogens is 508 g/mol. The molecular formula is C24H22Br2N2O2. The van der Waals surface area contributed by atoms with Crippen molar-refractivity contribution in [1.29, 1.82) is 0 Å². The molecule has 0 aromatic heterocycles. The Morgan fingerprint density at radius 2 is 1.50 bits per heavy atom. The van der Waals surface area contributed by atoms with Gasteiger partial charge in [0.2, 0.25) is 0 Å². The first-order valence-electron chi connectivity index (χ1n) is 9.80. The molecule has 0 bridgehead atoms. The number of carbonyl (C=O) groups excluding carboxylic acids is 1. The number of amides is 2. The van der Waals surface area contributed by atoms with Crippen LogP contribution in [-0.4, -0.2) is 17.2 Å². The number of hydrogen-bond donors (Lipinski definition) is 1. The van der Waals surface area contributed by atoms with Crippen LogP contribution in [0, 0.1) is 6.92 Å². The molecule has 154 valence electrons. The normalized spacial score (nSPS) is 21.4. The van der Waals surface area contributed by atoms with Crippen molar-refractivity contribution in [2.75, 3.05) is 9.80 Å². The van der Waals surface area contributed by atoms with Gasteiger partial charge in [-0.2, -0.15) is 0 Å². The van der Waals surface area contributed by atoms with Crippen LogP contribution in [0.4, 0.5) is 16.2 Å². The van der Waals surface area contributed by atoms with Crippen LogP contribution in [0.25, 0.3) is 0 Å². The van der Waals surface area contributed by atoms with Gasteiger partial charge in [-0.1, -0.05) is 68.6 Å². The van der Waals surface area contributed by atoms with E-state index in [0.29, 0.717) is 17.7 Å². The standard InChI is InChI=1S/C24H22Br2N2O2/c1-3-22-24(30,17-6-4-5-16(2)15-17)28(21-13-9-19(26)10-14-21)23(29)27(22)20-11-7-18(25)8-12-20/h4-15,22,30H,3H2,1-2H3/t22-,24?/m1/s1. The molecule has 1 aliphatic heterocycles. The van der Waals surface area contributed by atoms with Crippen LogP contribution in [0.1, 0.15) is 24.5 Å². The number of nitrogens with zero attached hydrogens (tertiary/aromatic N) is 2. The van der Waals surface area contributed by atoms with Crippen molar-refractivity contribution in [3.63, 3.8) is 0 Å². The summed E-state index contributed by atoms with van der Waals surface area (Å²) < 4.78 is 1.85. The van der Waals surface area contributed by atoms with Gasteiger partial charge in [-0.15, -0.1) is 0 Å². The molecule has 1 aliphatic rings. The average Bonchev–Trinajstić information content (AvgIpc) is 2.97. The molecule has 2 amide bonds. The molecule has 3 aromatic carbocycles. The number of anilines is 2. The van der Waals surface area contributed by atoms with Crippen molar-refractivity contribution >= 4 is 49.3 Å². The summed E-state index contributed by atoms with van der Waals surface area (Å²) in [6, 6.07) is 22.1. The number of aliphatic hydroxyl groups is 1. The maximum atomic E-state index is 13.8. The van der Waals surface area contributed by atoms with Crippen molar-refractivity contribution in [2.45, 2.75) is 32.0 Å². The highest BCUT2D eigenvalue weighted by atomic mass is 79.9. The molecule has 30 heavy (non-hydrogen) atoms. The zero-order valence-electron chi connectivity index (χ0n) is 16.7. The lowest BCUT2D eigenvalue weighted by molar-refractivity contribution is 0.0306. The van der Waals surface area contributed by atoms with E-state index in [2.05, 4.69) is 31.9 Å². The molecule has 1 N–H and O–H groups in total. The zero-order valence-corrected chi connectivity index (χ0v) is 19.9. The Morgan fingerprint density at radius 1 is 0.933 bits per heavy atom. The van der Waals surface area contributed by atoms with Crippen LogP contribution >= 0.6 is 31.9 Å². The van der Waals surface area contributed by atoms with E-state index in [1.165, 1.54) is 4.90 Å². The third-order valence-corrected chi connectivity index (χ3v) is 6.59. The van der Waals surface area contributed by atoms with E-state index < -0.39 is 11.8 Å². The Hall–Kier alpha value is -2.15. The van der Waals surface area contributed by atoms with Gasteiger partial charge < -0.3 is 5.11 Å². The predicted octanol–water partition coefficient (Wildman–Crippen LogP) is 6.59. The highest BCUT2D eigenvalue weighted by Gasteiger charge is 2.57. The summed E-state index contributed by atoms with van der Waals surface area (Å²) in [6.45, 7) is 3.98. The average molecular weight is 530 g/mol. The second-order valence-electron chi connectivity index (χ2n) is 7.46. The Labute approximate surface area is 193 Å². The van der Waals surface area contributed by atoms with Crippen molar-refractivity contribution < 1.29 is 9.90 Å². The van der Waals surface area contributed by atoms with Gasteiger partial charge in [-0.05, 0) is 61.9 Å². The number of benzene rings is 3. The highest BCUT2D eigenvalue weighted by Crippen LogP contribution is 2.46. The summed E-state index contributed by atoms with van der Waals surface area (Å²) in [6.07, 6.45) is 0.583. The van der Waals surface area contributed by atoms with Crippen molar-refractivity contribution in [2.24, 2.45) is 0 Å². The van der Waals surface area contributed by atoms with E-state index in [1.54, 1.807) is 4.90 Å². The van der Waals surface area contributed by atoms with E-state index in [9.17, 15) is 9.90 Å². The first kappa shape index (κ1) is 21.1. The monoisotopic (exact) mass is 528 g/mol. The SMILES string of the molecule is CC[C@H]1N(c2ccc(Br)cc2)C(=O)N(c2ccc(Br)cc2)C1(O)c1cccc(C)c1. The molecule has 1 saturated heterocycles. The lowest BCUT2D eigenvalue weighted by Gasteiger charge is -2.37. The maximum Gasteiger partial charge on any atom is 0.332 e. The molecule has 6 heteroatoms. The molecule has 1 unspecified atom stereocenters. The first-order valence-corrected chi connectivity index (χ1v) is 11.4. The summed E-state index contributed by atoms with van der Waals surface area (Å²) >= 11 is 6.91. The second-order valence-corrected chi connectivity index (χ2v) is 9.29. The Balaban J connectivity index is 1.94. The van der Waals surface area contributed by atoms with Gasteiger partial charge in [0.1, 0.15) is 0 Å². The van der Waals surface area contributed by atoms with E-state index >= 15 is 0 Å². The number of urea groups is 1. The quantitative estimate of drug-likeness (QED) is 0.414. The van der Waals surface area contributed by atoms with Crippen LogP contribution in [0.2, 0.25) is 0 Å². The minimum absolute atomic E-state index is 0.254. The molecule has 4 nitrogen and oxygen atoms in total.